The number of aliphatic hydroxyl groups is 1. The van der Waals surface area contributed by atoms with E-state index in [9.17, 15) is 19.2 Å². The van der Waals surface area contributed by atoms with E-state index in [-0.39, 0.29) is 29.6 Å². The molecule has 0 aliphatic heterocycles. The Balaban J connectivity index is -0.0000000856. The lowest BCUT2D eigenvalue weighted by molar-refractivity contribution is -0.172. The van der Waals surface area contributed by atoms with E-state index < -0.39 is 5.97 Å². The second kappa shape index (κ2) is 40.6. The van der Waals surface area contributed by atoms with E-state index >= 15 is 0 Å². The number of hydroxylamine groups is 3. The summed E-state index contributed by atoms with van der Waals surface area (Å²) < 4.78 is 0. The summed E-state index contributed by atoms with van der Waals surface area (Å²) in [4.78, 5) is 49.5. The number of rotatable bonds is 12. The number of carbonyl (C=O) groups excluding carboxylic acids is 3. The van der Waals surface area contributed by atoms with Crippen molar-refractivity contribution < 1.29 is 39.1 Å². The fourth-order valence-corrected chi connectivity index (χ4v) is 1.07. The van der Waals surface area contributed by atoms with Gasteiger partial charge in [-0.1, -0.05) is 75.7 Å². The molecule has 3 N–H and O–H groups in total. The Labute approximate surface area is 240 Å². The largest absolute Gasteiger partial charge is 0.481 e. The van der Waals surface area contributed by atoms with E-state index in [1.807, 2.05) is 55.4 Å². The molecular weight excluding hydrogens is 504 g/mol. The van der Waals surface area contributed by atoms with Gasteiger partial charge in [0, 0.05) is 38.5 Å². The van der Waals surface area contributed by atoms with Crippen molar-refractivity contribution in [2.75, 3.05) is 34.9 Å². The average Bonchev–Trinajstić information content (AvgIpc) is 2.98. The van der Waals surface area contributed by atoms with Crippen molar-refractivity contribution in [1.82, 2.24) is 10.5 Å². The molecule has 0 aromatic carbocycles. The maximum atomic E-state index is 11.1. The average molecular weight is 569 g/mol. The van der Waals surface area contributed by atoms with Gasteiger partial charge < -0.3 is 24.6 Å². The molecular formula is C29H64N2O8. The molecule has 0 rings (SSSR count). The predicted molar refractivity (Wildman–Crippen MR) is 160 cm³/mol. The van der Waals surface area contributed by atoms with Gasteiger partial charge in [0.2, 0.25) is 5.91 Å². The number of carbonyl (C=O) groups is 4. The van der Waals surface area contributed by atoms with Gasteiger partial charge >= 0.3 is 5.97 Å². The fraction of sp³-hybridized carbons (Fsp3) is 0.862. The lowest BCUT2D eigenvalue weighted by Crippen LogP contribution is -2.30. The molecule has 10 heteroatoms. The van der Waals surface area contributed by atoms with Crippen LogP contribution in [-0.4, -0.2) is 74.6 Å². The standard InChI is InChI=1S/C7H15NO2.C5H10O2.C5H12O.2C5H10O.C2H7NO/c1-5-6(2)7(9)8(3)10-4;1-3-4(2)5(6)7;3*1-3-5(2)4-6;1-3-4-2/h6H,5H2,1-4H3;4H,3H2,1-2H3,(H,6,7);5-6H,3-4H2,1-2H3;2*4-5H,3H2,1-2H3;3H,1-2H3. The highest BCUT2D eigenvalue weighted by atomic mass is 16.7. The molecule has 0 aliphatic rings. The van der Waals surface area contributed by atoms with Gasteiger partial charge in [0.25, 0.3) is 0 Å². The van der Waals surface area contributed by atoms with Crippen LogP contribution in [0.3, 0.4) is 0 Å². The molecule has 39 heavy (non-hydrogen) atoms. The van der Waals surface area contributed by atoms with Crippen LogP contribution in [0.25, 0.3) is 0 Å². The number of amides is 1. The van der Waals surface area contributed by atoms with E-state index in [0.29, 0.717) is 12.5 Å². The number of aliphatic hydroxyl groups excluding tert-OH is 1. The van der Waals surface area contributed by atoms with Crippen molar-refractivity contribution in [2.24, 2.45) is 29.6 Å². The third-order valence-corrected chi connectivity index (χ3v) is 5.62. The van der Waals surface area contributed by atoms with Crippen molar-refractivity contribution in [2.45, 2.75) is 101 Å². The Bertz CT molecular complexity index is 490. The molecule has 0 saturated carbocycles. The zero-order valence-corrected chi connectivity index (χ0v) is 27.6. The Kier molecular flexibility index (Phi) is 52.1. The molecule has 238 valence electrons. The normalized spacial score (nSPS) is 12.9. The summed E-state index contributed by atoms with van der Waals surface area (Å²) in [6.45, 7) is 19.7. The summed E-state index contributed by atoms with van der Waals surface area (Å²) in [6.07, 6.45) is 6.52. The summed E-state index contributed by atoms with van der Waals surface area (Å²) in [5.41, 5.74) is 2.43. The Morgan fingerprint density at radius 3 is 1.23 bits per heavy atom. The van der Waals surface area contributed by atoms with Gasteiger partial charge in [-0.25, -0.2) is 10.5 Å². The zero-order chi connectivity index (χ0) is 32.4. The van der Waals surface area contributed by atoms with Gasteiger partial charge in [0.1, 0.15) is 12.6 Å². The first kappa shape index (κ1) is 50.0. The number of hydrogen-bond acceptors (Lipinski definition) is 8. The summed E-state index contributed by atoms with van der Waals surface area (Å²) in [5, 5.41) is 17.8. The molecule has 5 unspecified atom stereocenters. The van der Waals surface area contributed by atoms with E-state index in [1.54, 1.807) is 28.1 Å². The molecule has 0 saturated heterocycles. The SMILES string of the molecule is CCC(C)C(=O)N(C)OC.CCC(C)C(=O)O.CCC(C)C=O.CCC(C)C=O.CCC(C)CO.CNOC. The first-order valence-corrected chi connectivity index (χ1v) is 13.9. The van der Waals surface area contributed by atoms with Crippen LogP contribution in [0.15, 0.2) is 0 Å². The van der Waals surface area contributed by atoms with E-state index in [4.69, 9.17) is 15.1 Å². The summed E-state index contributed by atoms with van der Waals surface area (Å²) in [6, 6.07) is 0. The van der Waals surface area contributed by atoms with E-state index in [2.05, 4.69) is 17.2 Å². The minimum Gasteiger partial charge on any atom is -0.481 e. The van der Waals surface area contributed by atoms with Crippen LogP contribution in [-0.2, 0) is 28.9 Å². The van der Waals surface area contributed by atoms with Gasteiger partial charge in [-0.15, -0.1) is 0 Å². The molecule has 0 spiro atoms. The maximum absolute atomic E-state index is 11.1. The van der Waals surface area contributed by atoms with Crippen LogP contribution >= 0.6 is 0 Å². The first-order chi connectivity index (χ1) is 18.1. The van der Waals surface area contributed by atoms with Crippen molar-refractivity contribution in [3.05, 3.63) is 0 Å². The molecule has 10 nitrogen and oxygen atoms in total. The molecule has 5 atom stereocenters. The Morgan fingerprint density at radius 2 is 1.15 bits per heavy atom. The van der Waals surface area contributed by atoms with Crippen molar-refractivity contribution in [1.29, 1.82) is 0 Å². The smallest absolute Gasteiger partial charge is 0.306 e. The molecule has 0 bridgehead atoms. The lowest BCUT2D eigenvalue weighted by atomic mass is 10.1. The van der Waals surface area contributed by atoms with Crippen molar-refractivity contribution in [3.63, 3.8) is 0 Å². The number of carboxylic acids is 1. The van der Waals surface area contributed by atoms with Crippen LogP contribution in [0.4, 0.5) is 0 Å². The number of hydrogen-bond donors (Lipinski definition) is 3. The second-order valence-corrected chi connectivity index (χ2v) is 9.12. The van der Waals surface area contributed by atoms with Gasteiger partial charge in [-0.05, 0) is 31.6 Å². The molecule has 0 heterocycles. The second-order valence-electron chi connectivity index (χ2n) is 9.12. The Morgan fingerprint density at radius 1 is 0.795 bits per heavy atom. The van der Waals surface area contributed by atoms with Gasteiger partial charge in [0.05, 0.1) is 20.1 Å². The molecule has 0 fully saturated rings. The molecule has 0 aromatic heterocycles. The minimum absolute atomic E-state index is 0.0324. The number of nitrogens with zero attached hydrogens (tertiary/aromatic N) is 1. The maximum Gasteiger partial charge on any atom is 0.306 e. The van der Waals surface area contributed by atoms with Crippen molar-refractivity contribution >= 4 is 24.4 Å². The first-order valence-electron chi connectivity index (χ1n) is 13.9. The summed E-state index contributed by atoms with van der Waals surface area (Å²) >= 11 is 0. The number of aldehydes is 2. The third-order valence-electron chi connectivity index (χ3n) is 5.62. The van der Waals surface area contributed by atoms with Crippen LogP contribution in [0, 0.1) is 29.6 Å². The summed E-state index contributed by atoms with van der Waals surface area (Å²) in [5.74, 6) is 0.206. The van der Waals surface area contributed by atoms with Crippen LogP contribution in [0.1, 0.15) is 101 Å². The lowest BCUT2D eigenvalue weighted by Gasteiger charge is -2.16. The van der Waals surface area contributed by atoms with E-state index in [0.717, 1.165) is 44.7 Å². The highest BCUT2D eigenvalue weighted by molar-refractivity contribution is 5.77. The van der Waals surface area contributed by atoms with Crippen LogP contribution in [0.2, 0.25) is 0 Å². The third kappa shape index (κ3) is 49.6. The quantitative estimate of drug-likeness (QED) is 0.208. The topological polar surface area (TPSA) is 142 Å². The monoisotopic (exact) mass is 568 g/mol. The molecule has 0 aliphatic carbocycles. The molecule has 0 radical (unpaired) electrons. The predicted octanol–water partition coefficient (Wildman–Crippen LogP) is 5.42. The fourth-order valence-electron chi connectivity index (χ4n) is 1.07. The van der Waals surface area contributed by atoms with E-state index in [1.165, 1.54) is 12.2 Å². The molecule has 0 aromatic rings. The number of nitrogens with one attached hydrogen (secondary N) is 1. The molecule has 1 amide bonds. The van der Waals surface area contributed by atoms with Crippen molar-refractivity contribution in [3.8, 4) is 0 Å². The van der Waals surface area contributed by atoms with Crippen LogP contribution in [0.5, 0.6) is 0 Å². The number of aliphatic carboxylic acids is 1. The van der Waals surface area contributed by atoms with Gasteiger partial charge in [0.15, 0.2) is 0 Å². The van der Waals surface area contributed by atoms with Crippen LogP contribution < -0.4 is 5.48 Å². The Hall–Kier alpha value is -1.88. The zero-order valence-electron chi connectivity index (χ0n) is 27.6. The van der Waals surface area contributed by atoms with Gasteiger partial charge in [-0.3, -0.25) is 14.4 Å². The van der Waals surface area contributed by atoms with Gasteiger partial charge in [-0.2, -0.15) is 0 Å². The number of carboxylic acid groups (broad SMARTS) is 1. The highest BCUT2D eigenvalue weighted by Gasteiger charge is 2.14. The minimum atomic E-state index is -0.706. The highest BCUT2D eigenvalue weighted by Crippen LogP contribution is 2.04. The summed E-state index contributed by atoms with van der Waals surface area (Å²) in [7, 11) is 6.38.